The van der Waals surface area contributed by atoms with E-state index >= 15 is 0 Å². The summed E-state index contributed by atoms with van der Waals surface area (Å²) in [6, 6.07) is 6.38. The van der Waals surface area contributed by atoms with Gasteiger partial charge in [-0.3, -0.25) is 5.43 Å². The number of nitrogens with one attached hydrogen (secondary N) is 1. The van der Waals surface area contributed by atoms with Crippen LogP contribution in [0, 0.1) is 0 Å². The molecule has 1 atom stereocenters. The van der Waals surface area contributed by atoms with Crippen molar-refractivity contribution in [3.05, 3.63) is 29.8 Å². The topological polar surface area (TPSA) is 72.9 Å². The van der Waals surface area contributed by atoms with E-state index in [9.17, 15) is 13.5 Å². The van der Waals surface area contributed by atoms with E-state index in [2.05, 4.69) is 22.4 Å². The van der Waals surface area contributed by atoms with Gasteiger partial charge in [-0.25, -0.2) is 13.4 Å². The fourth-order valence-corrected chi connectivity index (χ4v) is 2.87. The van der Waals surface area contributed by atoms with E-state index in [0.717, 1.165) is 26.2 Å². The summed E-state index contributed by atoms with van der Waals surface area (Å²) in [5.74, 6) is 0. The lowest BCUT2D eigenvalue weighted by atomic mass is 10.1. The van der Waals surface area contributed by atoms with Crippen molar-refractivity contribution in [1.29, 1.82) is 0 Å². The largest absolute Gasteiger partial charge is 0.387 e. The zero-order chi connectivity index (χ0) is 15.5. The first kappa shape index (κ1) is 16.4. The van der Waals surface area contributed by atoms with Gasteiger partial charge in [-0.2, -0.15) is 0 Å². The van der Waals surface area contributed by atoms with Crippen molar-refractivity contribution in [3.63, 3.8) is 0 Å². The average molecular weight is 313 g/mol. The number of hydrogen-bond acceptors (Lipinski definition) is 6. The van der Waals surface area contributed by atoms with Gasteiger partial charge in [-0.15, -0.1) is 0 Å². The van der Waals surface area contributed by atoms with Crippen LogP contribution >= 0.6 is 0 Å². The zero-order valence-electron chi connectivity index (χ0n) is 12.5. The molecule has 0 aromatic heterocycles. The molecule has 1 aromatic carbocycles. The number of hydrazine groups is 1. The van der Waals surface area contributed by atoms with E-state index in [1.165, 1.54) is 18.4 Å². The summed E-state index contributed by atoms with van der Waals surface area (Å²) in [5, 5.41) is 12.3. The highest BCUT2D eigenvalue weighted by Crippen LogP contribution is 2.16. The van der Waals surface area contributed by atoms with Crippen molar-refractivity contribution in [2.45, 2.75) is 11.0 Å². The normalized spacial score (nSPS) is 19.6. The fraction of sp³-hybridized carbons (Fsp3) is 0.571. The average Bonchev–Trinajstić information content (AvgIpc) is 2.45. The fourth-order valence-electron chi connectivity index (χ4n) is 2.24. The first-order chi connectivity index (χ1) is 9.86. The molecular formula is C14H23N3O3S. The Morgan fingerprint density at radius 1 is 1.19 bits per heavy atom. The van der Waals surface area contributed by atoms with E-state index in [-0.39, 0.29) is 4.90 Å². The van der Waals surface area contributed by atoms with Gasteiger partial charge in [0.15, 0.2) is 9.84 Å². The number of aliphatic hydroxyl groups excluding tert-OH is 1. The molecule has 2 N–H and O–H groups in total. The monoisotopic (exact) mass is 313 g/mol. The lowest BCUT2D eigenvalue weighted by molar-refractivity contribution is 0.0743. The Morgan fingerprint density at radius 2 is 1.76 bits per heavy atom. The van der Waals surface area contributed by atoms with Crippen LogP contribution in [0.4, 0.5) is 0 Å². The van der Waals surface area contributed by atoms with Crippen LogP contribution in [0.1, 0.15) is 11.7 Å². The van der Waals surface area contributed by atoms with Crippen molar-refractivity contribution in [3.8, 4) is 0 Å². The van der Waals surface area contributed by atoms with Crippen LogP contribution in [0.3, 0.4) is 0 Å². The summed E-state index contributed by atoms with van der Waals surface area (Å²) in [6.07, 6.45) is 0.520. The number of aliphatic hydroxyl groups is 1. The number of likely N-dealkylation sites (N-methyl/N-ethyl adjacent to an activating group) is 1. The SMILES string of the molecule is CN1CCN(NCC(O)c2ccc(S(C)(=O)=O)cc2)CC1. The van der Waals surface area contributed by atoms with Crippen molar-refractivity contribution in [1.82, 2.24) is 15.3 Å². The molecule has 1 unspecified atom stereocenters. The van der Waals surface area contributed by atoms with Crippen molar-refractivity contribution >= 4 is 9.84 Å². The number of rotatable bonds is 5. The minimum absolute atomic E-state index is 0.269. The first-order valence-electron chi connectivity index (χ1n) is 7.01. The third kappa shape index (κ3) is 4.76. The molecule has 0 radical (unpaired) electrons. The molecule has 0 spiro atoms. The van der Waals surface area contributed by atoms with Gasteiger partial charge in [0.25, 0.3) is 0 Å². The number of hydrogen-bond donors (Lipinski definition) is 2. The highest BCUT2D eigenvalue weighted by Gasteiger charge is 2.15. The summed E-state index contributed by atoms with van der Waals surface area (Å²) in [5.41, 5.74) is 3.94. The van der Waals surface area contributed by atoms with Gasteiger partial charge in [-0.1, -0.05) is 12.1 Å². The second kappa shape index (κ2) is 6.85. The molecule has 1 aliphatic rings. The highest BCUT2D eigenvalue weighted by molar-refractivity contribution is 7.90. The lowest BCUT2D eigenvalue weighted by Gasteiger charge is -2.33. The lowest BCUT2D eigenvalue weighted by Crippen LogP contribution is -2.51. The van der Waals surface area contributed by atoms with E-state index in [4.69, 9.17) is 0 Å². The number of nitrogens with zero attached hydrogens (tertiary/aromatic N) is 2. The second-order valence-electron chi connectivity index (χ2n) is 5.51. The van der Waals surface area contributed by atoms with Crippen LogP contribution in [0.15, 0.2) is 29.2 Å². The molecule has 1 saturated heterocycles. The molecule has 1 heterocycles. The maximum Gasteiger partial charge on any atom is 0.175 e. The molecule has 21 heavy (non-hydrogen) atoms. The van der Waals surface area contributed by atoms with Crippen LogP contribution in [0.25, 0.3) is 0 Å². The highest BCUT2D eigenvalue weighted by atomic mass is 32.2. The number of benzene rings is 1. The molecule has 1 fully saturated rings. The third-order valence-corrected chi connectivity index (χ3v) is 4.83. The molecule has 6 nitrogen and oxygen atoms in total. The summed E-state index contributed by atoms with van der Waals surface area (Å²) >= 11 is 0. The Balaban J connectivity index is 1.87. The predicted octanol–water partition coefficient (Wildman–Crippen LogP) is -0.124. The first-order valence-corrected chi connectivity index (χ1v) is 8.90. The predicted molar refractivity (Wildman–Crippen MR) is 81.6 cm³/mol. The third-order valence-electron chi connectivity index (χ3n) is 3.70. The summed E-state index contributed by atoms with van der Waals surface area (Å²) in [7, 11) is -1.10. The molecule has 0 amide bonds. The smallest absolute Gasteiger partial charge is 0.175 e. The maximum absolute atomic E-state index is 11.4. The van der Waals surface area contributed by atoms with Crippen LogP contribution in [0.5, 0.6) is 0 Å². The van der Waals surface area contributed by atoms with Crippen molar-refractivity contribution in [2.75, 3.05) is 46.0 Å². The van der Waals surface area contributed by atoms with Gasteiger partial charge in [0.05, 0.1) is 11.0 Å². The summed E-state index contributed by atoms with van der Waals surface area (Å²) in [6.45, 7) is 4.28. The van der Waals surface area contributed by atoms with Crippen LogP contribution < -0.4 is 5.43 Å². The number of piperazine rings is 1. The second-order valence-corrected chi connectivity index (χ2v) is 7.53. The van der Waals surface area contributed by atoms with Crippen molar-refractivity contribution in [2.24, 2.45) is 0 Å². The minimum Gasteiger partial charge on any atom is -0.387 e. The van der Waals surface area contributed by atoms with Gasteiger partial charge in [-0.05, 0) is 24.7 Å². The van der Waals surface area contributed by atoms with E-state index in [1.807, 2.05) is 0 Å². The molecule has 2 rings (SSSR count). The van der Waals surface area contributed by atoms with E-state index in [0.29, 0.717) is 12.1 Å². The van der Waals surface area contributed by atoms with Crippen LogP contribution in [-0.4, -0.2) is 69.5 Å². The molecule has 7 heteroatoms. The molecule has 118 valence electrons. The van der Waals surface area contributed by atoms with Crippen LogP contribution in [-0.2, 0) is 9.84 Å². The van der Waals surface area contributed by atoms with Gasteiger partial charge in [0.2, 0.25) is 0 Å². The van der Waals surface area contributed by atoms with E-state index in [1.54, 1.807) is 12.1 Å². The molecule has 1 aromatic rings. The molecular weight excluding hydrogens is 290 g/mol. The standard InChI is InChI=1S/C14H23N3O3S/c1-16-7-9-17(10-8-16)15-11-14(18)12-3-5-13(6-4-12)21(2,19)20/h3-6,14-15,18H,7-11H2,1-2H3. The Hall–Kier alpha value is -0.990. The zero-order valence-corrected chi connectivity index (χ0v) is 13.3. The molecule has 0 bridgehead atoms. The number of sulfone groups is 1. The maximum atomic E-state index is 11.4. The van der Waals surface area contributed by atoms with Gasteiger partial charge in [0.1, 0.15) is 0 Å². The minimum atomic E-state index is -3.19. The van der Waals surface area contributed by atoms with Gasteiger partial charge in [0, 0.05) is 39.0 Å². The van der Waals surface area contributed by atoms with Crippen LogP contribution in [0.2, 0.25) is 0 Å². The summed E-state index contributed by atoms with van der Waals surface area (Å²) in [4.78, 5) is 2.53. The Bertz CT molecular complexity index is 551. The Kier molecular flexibility index (Phi) is 5.34. The Labute approximate surface area is 126 Å². The van der Waals surface area contributed by atoms with E-state index < -0.39 is 15.9 Å². The molecule has 0 saturated carbocycles. The van der Waals surface area contributed by atoms with Crippen molar-refractivity contribution < 1.29 is 13.5 Å². The molecule has 0 aliphatic carbocycles. The van der Waals surface area contributed by atoms with Gasteiger partial charge >= 0.3 is 0 Å². The quantitative estimate of drug-likeness (QED) is 0.789. The summed E-state index contributed by atoms with van der Waals surface area (Å²) < 4.78 is 22.8. The molecule has 1 aliphatic heterocycles. The Morgan fingerprint density at radius 3 is 2.29 bits per heavy atom. The van der Waals surface area contributed by atoms with Gasteiger partial charge < -0.3 is 10.0 Å².